The van der Waals surface area contributed by atoms with Crippen LogP contribution >= 0.6 is 0 Å². The molecule has 9 heteroatoms. The van der Waals surface area contributed by atoms with Crippen LogP contribution in [0.1, 0.15) is 36.7 Å². The van der Waals surface area contributed by atoms with Crippen LogP contribution in [-0.4, -0.2) is 29.9 Å². The first-order valence-electron chi connectivity index (χ1n) is 9.40. The molecule has 0 radical (unpaired) electrons. The SMILES string of the molecule is CC(C)NC(=O)Nc1cccc(C(=O)Nc2cccc(C3(C)NC(=O)NC3=O)c2)c1. The molecule has 0 saturated carbocycles. The van der Waals surface area contributed by atoms with E-state index < -0.39 is 17.5 Å². The largest absolute Gasteiger partial charge is 0.336 e. The van der Waals surface area contributed by atoms with Crippen LogP contribution in [0.4, 0.5) is 21.0 Å². The summed E-state index contributed by atoms with van der Waals surface area (Å²) in [4.78, 5) is 48.2. The van der Waals surface area contributed by atoms with Gasteiger partial charge in [-0.15, -0.1) is 0 Å². The maximum absolute atomic E-state index is 12.7. The zero-order chi connectivity index (χ0) is 21.9. The lowest BCUT2D eigenvalue weighted by atomic mass is 9.92. The summed E-state index contributed by atoms with van der Waals surface area (Å²) in [6, 6.07) is 12.3. The average molecular weight is 409 g/mol. The minimum Gasteiger partial charge on any atom is -0.336 e. The Labute approximate surface area is 173 Å². The number of carbonyl (C=O) groups excluding carboxylic acids is 4. The molecular weight excluding hydrogens is 386 g/mol. The number of amides is 6. The van der Waals surface area contributed by atoms with E-state index in [9.17, 15) is 19.2 Å². The molecule has 6 amide bonds. The molecule has 2 aromatic rings. The van der Waals surface area contributed by atoms with E-state index in [1.165, 1.54) is 0 Å². The average Bonchev–Trinajstić information content (AvgIpc) is 2.94. The van der Waals surface area contributed by atoms with Gasteiger partial charge in [0.1, 0.15) is 5.54 Å². The molecule has 9 nitrogen and oxygen atoms in total. The van der Waals surface area contributed by atoms with Crippen LogP contribution in [0.5, 0.6) is 0 Å². The van der Waals surface area contributed by atoms with Gasteiger partial charge in [0.25, 0.3) is 11.8 Å². The monoisotopic (exact) mass is 409 g/mol. The highest BCUT2D eigenvalue weighted by atomic mass is 16.2. The van der Waals surface area contributed by atoms with Gasteiger partial charge >= 0.3 is 12.1 Å². The number of imide groups is 1. The molecule has 1 heterocycles. The van der Waals surface area contributed by atoms with E-state index in [4.69, 9.17) is 0 Å². The van der Waals surface area contributed by atoms with Crippen molar-refractivity contribution in [2.75, 3.05) is 10.6 Å². The van der Waals surface area contributed by atoms with Crippen molar-refractivity contribution < 1.29 is 19.2 Å². The summed E-state index contributed by atoms with van der Waals surface area (Å²) in [6.07, 6.45) is 0. The van der Waals surface area contributed by atoms with Gasteiger partial charge < -0.3 is 21.3 Å². The maximum Gasteiger partial charge on any atom is 0.322 e. The van der Waals surface area contributed by atoms with Gasteiger partial charge in [-0.25, -0.2) is 9.59 Å². The lowest BCUT2D eigenvalue weighted by Gasteiger charge is -2.21. The maximum atomic E-state index is 12.7. The fourth-order valence-electron chi connectivity index (χ4n) is 3.03. The Morgan fingerprint density at radius 3 is 2.27 bits per heavy atom. The third-order valence-corrected chi connectivity index (χ3v) is 4.54. The number of anilines is 2. The molecule has 2 aromatic carbocycles. The normalized spacial score (nSPS) is 17.9. The fourth-order valence-corrected chi connectivity index (χ4v) is 3.03. The molecule has 1 aliphatic heterocycles. The second kappa shape index (κ2) is 8.24. The van der Waals surface area contributed by atoms with Gasteiger partial charge in [0.2, 0.25) is 0 Å². The van der Waals surface area contributed by atoms with Crippen LogP contribution in [0.2, 0.25) is 0 Å². The Kier molecular flexibility index (Phi) is 5.72. The summed E-state index contributed by atoms with van der Waals surface area (Å²) in [7, 11) is 0. The Morgan fingerprint density at radius 2 is 1.63 bits per heavy atom. The molecule has 1 saturated heterocycles. The fraction of sp³-hybridized carbons (Fsp3) is 0.238. The first kappa shape index (κ1) is 20.8. The van der Waals surface area contributed by atoms with E-state index >= 15 is 0 Å². The zero-order valence-corrected chi connectivity index (χ0v) is 16.8. The smallest absolute Gasteiger partial charge is 0.322 e. The van der Waals surface area contributed by atoms with Crippen LogP contribution in [0.25, 0.3) is 0 Å². The predicted molar refractivity (Wildman–Crippen MR) is 112 cm³/mol. The van der Waals surface area contributed by atoms with E-state index in [-0.39, 0.29) is 18.0 Å². The molecule has 156 valence electrons. The number of carbonyl (C=O) groups is 4. The van der Waals surface area contributed by atoms with Crippen molar-refractivity contribution in [3.63, 3.8) is 0 Å². The molecule has 0 aromatic heterocycles. The Bertz CT molecular complexity index is 1020. The van der Waals surface area contributed by atoms with Crippen molar-refractivity contribution in [2.45, 2.75) is 32.4 Å². The third-order valence-electron chi connectivity index (χ3n) is 4.54. The van der Waals surface area contributed by atoms with E-state index in [1.54, 1.807) is 55.5 Å². The zero-order valence-electron chi connectivity index (χ0n) is 16.8. The number of rotatable bonds is 5. The van der Waals surface area contributed by atoms with Crippen LogP contribution < -0.4 is 26.6 Å². The van der Waals surface area contributed by atoms with Crippen LogP contribution in [0, 0.1) is 0 Å². The lowest BCUT2D eigenvalue weighted by molar-refractivity contribution is -0.123. The standard InChI is InChI=1S/C21H23N5O4/c1-12(2)22-19(29)24-15-8-4-6-13(10-15)17(27)23-16-9-5-7-14(11-16)21(3)18(28)25-20(30)26-21/h4-12H,1-3H3,(H,23,27)(H2,22,24,29)(H2,25,26,28,30). The van der Waals surface area contributed by atoms with Gasteiger partial charge in [-0.2, -0.15) is 0 Å². The molecule has 1 unspecified atom stereocenters. The minimum absolute atomic E-state index is 0.0163. The second-order valence-electron chi connectivity index (χ2n) is 7.40. The van der Waals surface area contributed by atoms with E-state index in [2.05, 4.69) is 26.6 Å². The highest BCUT2D eigenvalue weighted by molar-refractivity contribution is 6.08. The van der Waals surface area contributed by atoms with Crippen molar-refractivity contribution in [2.24, 2.45) is 0 Å². The summed E-state index contributed by atoms with van der Waals surface area (Å²) >= 11 is 0. The molecule has 0 spiro atoms. The third kappa shape index (κ3) is 4.57. The van der Waals surface area contributed by atoms with Crippen LogP contribution in [0.3, 0.4) is 0 Å². The summed E-state index contributed by atoms with van der Waals surface area (Å²) in [5, 5.41) is 13.0. The molecular formula is C21H23N5O4. The molecule has 0 aliphatic carbocycles. The van der Waals surface area contributed by atoms with Gasteiger partial charge in [-0.05, 0) is 56.7 Å². The number of benzene rings is 2. The van der Waals surface area contributed by atoms with Crippen molar-refractivity contribution in [1.82, 2.24) is 16.0 Å². The van der Waals surface area contributed by atoms with Crippen molar-refractivity contribution in [3.05, 3.63) is 59.7 Å². The predicted octanol–water partition coefficient (Wildman–Crippen LogP) is 2.52. The molecule has 0 bridgehead atoms. The first-order chi connectivity index (χ1) is 14.2. The number of hydrogen-bond acceptors (Lipinski definition) is 4. The topological polar surface area (TPSA) is 128 Å². The summed E-state index contributed by atoms with van der Waals surface area (Å²) in [6.45, 7) is 5.28. The van der Waals surface area contributed by atoms with Crippen molar-refractivity contribution >= 4 is 35.3 Å². The van der Waals surface area contributed by atoms with Crippen molar-refractivity contribution in [1.29, 1.82) is 0 Å². The number of urea groups is 2. The van der Waals surface area contributed by atoms with Crippen molar-refractivity contribution in [3.8, 4) is 0 Å². The molecule has 1 aliphatic rings. The number of nitrogens with one attached hydrogen (secondary N) is 5. The lowest BCUT2D eigenvalue weighted by Crippen LogP contribution is -2.40. The Hall–Kier alpha value is -3.88. The van der Waals surface area contributed by atoms with E-state index in [0.717, 1.165) is 0 Å². The minimum atomic E-state index is -1.22. The molecule has 5 N–H and O–H groups in total. The van der Waals surface area contributed by atoms with E-state index in [0.29, 0.717) is 22.5 Å². The highest BCUT2D eigenvalue weighted by Gasteiger charge is 2.43. The van der Waals surface area contributed by atoms with Crippen LogP contribution in [0.15, 0.2) is 48.5 Å². The highest BCUT2D eigenvalue weighted by Crippen LogP contribution is 2.26. The quantitative estimate of drug-likeness (QED) is 0.486. The number of hydrogen-bond donors (Lipinski definition) is 5. The molecule has 30 heavy (non-hydrogen) atoms. The second-order valence-corrected chi connectivity index (χ2v) is 7.40. The summed E-state index contributed by atoms with van der Waals surface area (Å²) in [5.74, 6) is -0.848. The van der Waals surface area contributed by atoms with E-state index in [1.807, 2.05) is 13.8 Å². The Morgan fingerprint density at radius 1 is 0.967 bits per heavy atom. The van der Waals surface area contributed by atoms with Gasteiger partial charge in [0.05, 0.1) is 0 Å². The van der Waals surface area contributed by atoms with Crippen LogP contribution in [-0.2, 0) is 10.3 Å². The van der Waals surface area contributed by atoms with Gasteiger partial charge in [0.15, 0.2) is 0 Å². The summed E-state index contributed by atoms with van der Waals surface area (Å²) in [5.41, 5.74) is 0.604. The molecule has 1 fully saturated rings. The molecule has 1 atom stereocenters. The van der Waals surface area contributed by atoms with Gasteiger partial charge in [0, 0.05) is 23.0 Å². The van der Waals surface area contributed by atoms with Gasteiger partial charge in [-0.3, -0.25) is 14.9 Å². The van der Waals surface area contributed by atoms with Gasteiger partial charge in [-0.1, -0.05) is 18.2 Å². The Balaban J connectivity index is 1.74. The molecule has 3 rings (SSSR count). The first-order valence-corrected chi connectivity index (χ1v) is 9.40. The summed E-state index contributed by atoms with van der Waals surface area (Å²) < 4.78 is 0.